The molecule has 0 unspecified atom stereocenters. The zero-order chi connectivity index (χ0) is 17.9. The Morgan fingerprint density at radius 3 is 2.88 bits per heavy atom. The molecule has 0 saturated carbocycles. The maximum Gasteiger partial charge on any atom is 0.291 e. The number of hydrogen-bond donors (Lipinski definition) is 0. The van der Waals surface area contributed by atoms with Gasteiger partial charge in [0.1, 0.15) is 5.75 Å². The van der Waals surface area contributed by atoms with Crippen LogP contribution in [-0.2, 0) is 0 Å². The number of benzene rings is 1. The first-order chi connectivity index (χ1) is 12.8. The number of rotatable bonds is 6. The third-order valence-electron chi connectivity index (χ3n) is 3.88. The minimum absolute atomic E-state index is 0.149. The fourth-order valence-electron chi connectivity index (χ4n) is 2.54. The van der Waals surface area contributed by atoms with Gasteiger partial charge < -0.3 is 4.74 Å². The van der Waals surface area contributed by atoms with Gasteiger partial charge in [-0.05, 0) is 30.0 Å². The summed E-state index contributed by atoms with van der Waals surface area (Å²) >= 11 is 2.90. The first-order valence-corrected chi connectivity index (χ1v) is 10.1. The predicted molar refractivity (Wildman–Crippen MR) is 106 cm³/mol. The van der Waals surface area contributed by atoms with E-state index in [9.17, 15) is 4.79 Å². The minimum atomic E-state index is -0.149. The number of thiazole rings is 1. The summed E-state index contributed by atoms with van der Waals surface area (Å²) in [5.41, 5.74) is 0.743. The van der Waals surface area contributed by atoms with E-state index in [1.165, 1.54) is 15.9 Å². The maximum atomic E-state index is 12.7. The van der Waals surface area contributed by atoms with Gasteiger partial charge in [-0.3, -0.25) is 4.79 Å². The molecule has 3 heterocycles. The van der Waals surface area contributed by atoms with Crippen LogP contribution in [0.4, 0.5) is 0 Å². The molecule has 26 heavy (non-hydrogen) atoms. The third-order valence-corrected chi connectivity index (χ3v) is 5.71. The van der Waals surface area contributed by atoms with E-state index in [4.69, 9.17) is 4.74 Å². The molecule has 0 saturated heterocycles. The Labute approximate surface area is 158 Å². The Balaban J connectivity index is 1.72. The number of thiophene rings is 1. The van der Waals surface area contributed by atoms with E-state index in [0.717, 1.165) is 29.0 Å². The van der Waals surface area contributed by atoms with Gasteiger partial charge >= 0.3 is 0 Å². The molecule has 0 aliphatic heterocycles. The van der Waals surface area contributed by atoms with Crippen molar-refractivity contribution in [1.29, 1.82) is 0 Å². The Bertz CT molecular complexity index is 1130. The lowest BCUT2D eigenvalue weighted by Crippen LogP contribution is -2.23. The zero-order valence-corrected chi connectivity index (χ0v) is 15.8. The van der Waals surface area contributed by atoms with Gasteiger partial charge in [0.05, 0.1) is 16.0 Å². The monoisotopic (exact) mass is 383 g/mol. The third kappa shape index (κ3) is 3.27. The van der Waals surface area contributed by atoms with Crippen LogP contribution in [0.3, 0.4) is 0 Å². The highest BCUT2D eigenvalue weighted by molar-refractivity contribution is 7.15. The Morgan fingerprint density at radius 2 is 2.12 bits per heavy atom. The summed E-state index contributed by atoms with van der Waals surface area (Å²) in [4.78, 5) is 18.7. The molecule has 0 aliphatic carbocycles. The summed E-state index contributed by atoms with van der Waals surface area (Å²) in [6.45, 7) is 2.80. The predicted octanol–water partition coefficient (Wildman–Crippen LogP) is 3.61. The molecule has 0 bridgehead atoms. The molecule has 3 aromatic heterocycles. The summed E-state index contributed by atoms with van der Waals surface area (Å²) in [6, 6.07) is 11.7. The summed E-state index contributed by atoms with van der Waals surface area (Å²) in [5, 5.41) is 6.33. The Kier molecular flexibility index (Phi) is 4.81. The molecule has 132 valence electrons. The number of hydrogen-bond acceptors (Lipinski definition) is 6. The first-order valence-electron chi connectivity index (χ1n) is 8.43. The van der Waals surface area contributed by atoms with E-state index < -0.39 is 0 Å². The average molecular weight is 383 g/mol. The Hall–Kier alpha value is -2.51. The second-order valence-electron chi connectivity index (χ2n) is 5.76. The van der Waals surface area contributed by atoms with E-state index in [-0.39, 0.29) is 5.56 Å². The van der Waals surface area contributed by atoms with Crippen molar-refractivity contribution in [2.24, 2.45) is 0 Å². The van der Waals surface area contributed by atoms with Crippen molar-refractivity contribution in [3.63, 3.8) is 0 Å². The SMILES string of the molecule is CCCCOc1ccccc1C=c1sc2nc(-c3cccs3)nn2c1=O. The number of nitrogens with zero attached hydrogens (tertiary/aromatic N) is 3. The number of ether oxygens (including phenoxy) is 1. The quantitative estimate of drug-likeness (QED) is 0.477. The zero-order valence-electron chi connectivity index (χ0n) is 14.2. The van der Waals surface area contributed by atoms with Crippen LogP contribution in [0.1, 0.15) is 25.3 Å². The molecule has 0 aliphatic rings. The highest BCUT2D eigenvalue weighted by atomic mass is 32.1. The highest BCUT2D eigenvalue weighted by Gasteiger charge is 2.12. The van der Waals surface area contributed by atoms with Crippen molar-refractivity contribution in [3.05, 3.63) is 62.2 Å². The van der Waals surface area contributed by atoms with E-state index in [1.807, 2.05) is 47.9 Å². The number of unbranched alkanes of at least 4 members (excludes halogenated alkanes) is 1. The van der Waals surface area contributed by atoms with E-state index in [2.05, 4.69) is 17.0 Å². The lowest BCUT2D eigenvalue weighted by atomic mass is 10.2. The largest absolute Gasteiger partial charge is 0.493 e. The van der Waals surface area contributed by atoms with Gasteiger partial charge in [0, 0.05) is 5.56 Å². The molecule has 0 amide bonds. The van der Waals surface area contributed by atoms with E-state index in [0.29, 0.717) is 21.9 Å². The molecular formula is C19H17N3O2S2. The van der Waals surface area contributed by atoms with Crippen LogP contribution in [-0.4, -0.2) is 21.2 Å². The van der Waals surface area contributed by atoms with Gasteiger partial charge in [-0.2, -0.15) is 9.50 Å². The summed E-state index contributed by atoms with van der Waals surface area (Å²) in [6.07, 6.45) is 3.94. The van der Waals surface area contributed by atoms with Gasteiger partial charge in [-0.25, -0.2) is 0 Å². The molecule has 7 heteroatoms. The van der Waals surface area contributed by atoms with Crippen molar-refractivity contribution >= 4 is 33.7 Å². The Morgan fingerprint density at radius 1 is 1.23 bits per heavy atom. The van der Waals surface area contributed by atoms with Crippen molar-refractivity contribution in [2.45, 2.75) is 19.8 Å². The van der Waals surface area contributed by atoms with Gasteiger partial charge in [-0.15, -0.1) is 16.4 Å². The molecule has 0 N–H and O–H groups in total. The lowest BCUT2D eigenvalue weighted by Gasteiger charge is -2.07. The van der Waals surface area contributed by atoms with Gasteiger partial charge in [0.15, 0.2) is 5.82 Å². The van der Waals surface area contributed by atoms with Crippen LogP contribution in [0, 0.1) is 0 Å². The van der Waals surface area contributed by atoms with Crippen LogP contribution >= 0.6 is 22.7 Å². The van der Waals surface area contributed by atoms with Crippen LogP contribution in [0.25, 0.3) is 21.7 Å². The van der Waals surface area contributed by atoms with Crippen molar-refractivity contribution in [1.82, 2.24) is 14.6 Å². The summed E-state index contributed by atoms with van der Waals surface area (Å²) < 4.78 is 7.83. The smallest absolute Gasteiger partial charge is 0.291 e. The average Bonchev–Trinajstić information content (AvgIpc) is 3.36. The van der Waals surface area contributed by atoms with E-state index in [1.54, 1.807) is 11.3 Å². The molecule has 1 aromatic carbocycles. The number of aromatic nitrogens is 3. The van der Waals surface area contributed by atoms with Crippen LogP contribution in [0.15, 0.2) is 46.6 Å². The summed E-state index contributed by atoms with van der Waals surface area (Å²) in [5.74, 6) is 1.39. The first kappa shape index (κ1) is 16.9. The van der Waals surface area contributed by atoms with Crippen molar-refractivity contribution in [3.8, 4) is 16.5 Å². The lowest BCUT2D eigenvalue weighted by molar-refractivity contribution is 0.309. The second kappa shape index (κ2) is 7.39. The molecule has 5 nitrogen and oxygen atoms in total. The van der Waals surface area contributed by atoms with Gasteiger partial charge in [-0.1, -0.05) is 48.9 Å². The van der Waals surface area contributed by atoms with Crippen molar-refractivity contribution in [2.75, 3.05) is 6.61 Å². The maximum absolute atomic E-state index is 12.7. The van der Waals surface area contributed by atoms with E-state index >= 15 is 0 Å². The van der Waals surface area contributed by atoms with Crippen LogP contribution in [0.2, 0.25) is 0 Å². The van der Waals surface area contributed by atoms with Gasteiger partial charge in [0.25, 0.3) is 5.56 Å². The van der Waals surface area contributed by atoms with Crippen LogP contribution < -0.4 is 14.8 Å². The topological polar surface area (TPSA) is 56.5 Å². The normalized spacial score (nSPS) is 12.1. The second-order valence-corrected chi connectivity index (χ2v) is 7.72. The number of para-hydroxylation sites is 1. The molecular weight excluding hydrogens is 366 g/mol. The number of fused-ring (bicyclic) bond motifs is 1. The van der Waals surface area contributed by atoms with Crippen molar-refractivity contribution < 1.29 is 4.74 Å². The van der Waals surface area contributed by atoms with Gasteiger partial charge in [0.2, 0.25) is 4.96 Å². The standard InChI is InChI=1S/C19H17N3O2S2/c1-2-3-10-24-14-8-5-4-7-13(14)12-16-18(23)22-19(26-16)20-17(21-22)15-9-6-11-25-15/h4-9,11-12H,2-3,10H2,1H3. The molecule has 0 radical (unpaired) electrons. The fourth-order valence-corrected chi connectivity index (χ4v) is 4.09. The molecule has 0 spiro atoms. The molecule has 0 fully saturated rings. The summed E-state index contributed by atoms with van der Waals surface area (Å²) in [7, 11) is 0. The molecule has 4 aromatic rings. The minimum Gasteiger partial charge on any atom is -0.493 e. The van der Waals surface area contributed by atoms with Crippen LogP contribution in [0.5, 0.6) is 5.75 Å². The molecule has 0 atom stereocenters. The molecule has 4 rings (SSSR count). The fraction of sp³-hybridized carbons (Fsp3) is 0.211. The highest BCUT2D eigenvalue weighted by Crippen LogP contribution is 2.22.